The van der Waals surface area contributed by atoms with E-state index in [1.165, 1.54) is 6.07 Å². The van der Waals surface area contributed by atoms with E-state index in [1.54, 1.807) is 18.2 Å². The molecular formula is C16H19NO4. The van der Waals surface area contributed by atoms with Gasteiger partial charge in [-0.05, 0) is 32.9 Å². The van der Waals surface area contributed by atoms with Crippen LogP contribution < -0.4 is 10.2 Å². The number of aliphatic carboxylic acids is 1. The predicted octanol–water partition coefficient (Wildman–Crippen LogP) is 2.44. The molecule has 1 aromatic heterocycles. The minimum absolute atomic E-state index is 0.0338. The monoisotopic (exact) mass is 289 g/mol. The van der Waals surface area contributed by atoms with Crippen molar-refractivity contribution in [1.29, 1.82) is 0 Å². The summed E-state index contributed by atoms with van der Waals surface area (Å²) in [4.78, 5) is 23.1. The Morgan fingerprint density at radius 1 is 1.33 bits per heavy atom. The summed E-state index contributed by atoms with van der Waals surface area (Å²) in [6.45, 7) is 6.37. The topological polar surface area (TPSA) is 68.5 Å². The van der Waals surface area contributed by atoms with Gasteiger partial charge in [0.15, 0.2) is 5.43 Å². The van der Waals surface area contributed by atoms with Gasteiger partial charge in [0.05, 0.1) is 18.0 Å². The van der Waals surface area contributed by atoms with E-state index in [4.69, 9.17) is 9.84 Å². The van der Waals surface area contributed by atoms with Crippen LogP contribution in [0.15, 0.2) is 29.1 Å². The van der Waals surface area contributed by atoms with E-state index in [0.29, 0.717) is 28.9 Å². The fourth-order valence-corrected chi connectivity index (χ4v) is 2.43. The zero-order valence-corrected chi connectivity index (χ0v) is 12.4. The average Bonchev–Trinajstić information content (AvgIpc) is 2.37. The van der Waals surface area contributed by atoms with Gasteiger partial charge in [0, 0.05) is 29.8 Å². The molecular weight excluding hydrogens is 270 g/mol. The Morgan fingerprint density at radius 2 is 2.05 bits per heavy atom. The van der Waals surface area contributed by atoms with Gasteiger partial charge in [0.2, 0.25) is 0 Å². The lowest BCUT2D eigenvalue weighted by molar-refractivity contribution is -0.136. The lowest BCUT2D eigenvalue weighted by atomic mass is 10.1. The molecule has 5 nitrogen and oxygen atoms in total. The van der Waals surface area contributed by atoms with Gasteiger partial charge in [0.1, 0.15) is 5.75 Å². The van der Waals surface area contributed by atoms with Crippen LogP contribution in [0.4, 0.5) is 0 Å². The number of hydrogen-bond acceptors (Lipinski definition) is 3. The number of fused-ring (bicyclic) bond motifs is 1. The SMILES string of the molecule is CCn1c(CC(=O)O)cc(=O)c2ccc(OC(C)C)cc21. The summed E-state index contributed by atoms with van der Waals surface area (Å²) in [6, 6.07) is 6.70. The number of rotatable bonds is 5. The van der Waals surface area contributed by atoms with Crippen molar-refractivity contribution in [2.75, 3.05) is 0 Å². The zero-order chi connectivity index (χ0) is 15.6. The third-order valence-corrected chi connectivity index (χ3v) is 3.19. The standard InChI is InChI=1S/C16H19NO4/c1-4-17-11(8-16(19)20)7-15(18)13-6-5-12(9-14(13)17)21-10(2)3/h5-7,9-10H,4,8H2,1-3H3,(H,19,20). The van der Waals surface area contributed by atoms with E-state index in [-0.39, 0.29) is 18.0 Å². The molecule has 1 aromatic carbocycles. The zero-order valence-electron chi connectivity index (χ0n) is 12.4. The van der Waals surface area contributed by atoms with Crippen molar-refractivity contribution >= 4 is 16.9 Å². The normalized spacial score (nSPS) is 11.0. The summed E-state index contributed by atoms with van der Waals surface area (Å²) in [5.74, 6) is -0.280. The highest BCUT2D eigenvalue weighted by atomic mass is 16.5. The smallest absolute Gasteiger partial charge is 0.309 e. The Morgan fingerprint density at radius 3 is 2.62 bits per heavy atom. The van der Waals surface area contributed by atoms with Gasteiger partial charge in [-0.15, -0.1) is 0 Å². The highest BCUT2D eigenvalue weighted by Gasteiger charge is 2.12. The van der Waals surface area contributed by atoms with E-state index < -0.39 is 5.97 Å². The average molecular weight is 289 g/mol. The molecule has 0 saturated heterocycles. The third kappa shape index (κ3) is 3.24. The molecule has 0 atom stereocenters. The van der Waals surface area contributed by atoms with Crippen LogP contribution in [0.5, 0.6) is 5.75 Å². The summed E-state index contributed by atoms with van der Waals surface area (Å²) in [7, 11) is 0. The summed E-state index contributed by atoms with van der Waals surface area (Å²) in [5.41, 5.74) is 1.05. The Hall–Kier alpha value is -2.30. The van der Waals surface area contributed by atoms with Crippen molar-refractivity contribution in [2.45, 2.75) is 39.8 Å². The predicted molar refractivity (Wildman–Crippen MR) is 81.0 cm³/mol. The van der Waals surface area contributed by atoms with Crippen LogP contribution in [-0.4, -0.2) is 21.7 Å². The minimum Gasteiger partial charge on any atom is -0.491 e. The molecule has 0 aliphatic carbocycles. The first-order valence-corrected chi connectivity index (χ1v) is 6.97. The molecule has 0 fully saturated rings. The van der Waals surface area contributed by atoms with Gasteiger partial charge in [0.25, 0.3) is 0 Å². The maximum atomic E-state index is 12.1. The fraction of sp³-hybridized carbons (Fsp3) is 0.375. The maximum Gasteiger partial charge on any atom is 0.309 e. The van der Waals surface area contributed by atoms with Gasteiger partial charge in [-0.2, -0.15) is 0 Å². The fourth-order valence-electron chi connectivity index (χ4n) is 2.43. The summed E-state index contributed by atoms with van der Waals surface area (Å²) >= 11 is 0. The second-order valence-corrected chi connectivity index (χ2v) is 5.16. The molecule has 0 aliphatic heterocycles. The van der Waals surface area contributed by atoms with Crippen molar-refractivity contribution in [3.05, 3.63) is 40.2 Å². The number of aromatic nitrogens is 1. The maximum absolute atomic E-state index is 12.1. The van der Waals surface area contributed by atoms with Crippen LogP contribution in [0.2, 0.25) is 0 Å². The Balaban J connectivity index is 2.68. The van der Waals surface area contributed by atoms with E-state index in [9.17, 15) is 9.59 Å². The number of carboxylic acid groups (broad SMARTS) is 1. The molecule has 0 spiro atoms. The number of ether oxygens (including phenoxy) is 1. The lowest BCUT2D eigenvalue weighted by Gasteiger charge is -2.16. The number of carbonyl (C=O) groups is 1. The van der Waals surface area contributed by atoms with Crippen molar-refractivity contribution < 1.29 is 14.6 Å². The van der Waals surface area contributed by atoms with Crippen LogP contribution in [0.3, 0.4) is 0 Å². The summed E-state index contributed by atoms with van der Waals surface area (Å²) < 4.78 is 7.50. The number of benzene rings is 1. The molecule has 112 valence electrons. The van der Waals surface area contributed by atoms with Crippen LogP contribution in [0, 0.1) is 0 Å². The molecule has 0 saturated carbocycles. The molecule has 2 aromatic rings. The number of carboxylic acids is 1. The van der Waals surface area contributed by atoms with Crippen molar-refractivity contribution in [2.24, 2.45) is 0 Å². The van der Waals surface area contributed by atoms with Crippen LogP contribution in [-0.2, 0) is 17.8 Å². The molecule has 0 bridgehead atoms. The molecule has 2 rings (SSSR count). The molecule has 0 amide bonds. The molecule has 0 unspecified atom stereocenters. The van der Waals surface area contributed by atoms with E-state index >= 15 is 0 Å². The van der Waals surface area contributed by atoms with Crippen LogP contribution in [0.25, 0.3) is 10.9 Å². The largest absolute Gasteiger partial charge is 0.491 e. The molecule has 1 N–H and O–H groups in total. The number of hydrogen-bond donors (Lipinski definition) is 1. The van der Waals surface area contributed by atoms with Crippen molar-refractivity contribution in [3.8, 4) is 5.75 Å². The number of pyridine rings is 1. The third-order valence-electron chi connectivity index (χ3n) is 3.19. The second kappa shape index (κ2) is 5.99. The van der Waals surface area contributed by atoms with Crippen LogP contribution >= 0.6 is 0 Å². The minimum atomic E-state index is -0.953. The van der Waals surface area contributed by atoms with Crippen molar-refractivity contribution in [3.63, 3.8) is 0 Å². The van der Waals surface area contributed by atoms with Gasteiger partial charge in [-0.25, -0.2) is 0 Å². The summed E-state index contributed by atoms with van der Waals surface area (Å²) in [6.07, 6.45) is -0.139. The van der Waals surface area contributed by atoms with Crippen molar-refractivity contribution in [1.82, 2.24) is 4.57 Å². The Kier molecular flexibility index (Phi) is 4.31. The molecule has 5 heteroatoms. The van der Waals surface area contributed by atoms with E-state index in [2.05, 4.69) is 0 Å². The van der Waals surface area contributed by atoms with Crippen LogP contribution in [0.1, 0.15) is 26.5 Å². The highest BCUT2D eigenvalue weighted by Crippen LogP contribution is 2.21. The first kappa shape index (κ1) is 15.1. The molecule has 0 radical (unpaired) electrons. The van der Waals surface area contributed by atoms with Gasteiger partial charge in [-0.3, -0.25) is 9.59 Å². The number of aryl methyl sites for hydroxylation is 1. The van der Waals surface area contributed by atoms with E-state index in [1.807, 2.05) is 25.3 Å². The summed E-state index contributed by atoms with van der Waals surface area (Å²) in [5, 5.41) is 9.55. The second-order valence-electron chi connectivity index (χ2n) is 5.16. The van der Waals surface area contributed by atoms with E-state index in [0.717, 1.165) is 0 Å². The molecule has 0 aliphatic rings. The Bertz CT molecular complexity index is 731. The quantitative estimate of drug-likeness (QED) is 0.918. The van der Waals surface area contributed by atoms with Gasteiger partial charge in [-0.1, -0.05) is 0 Å². The lowest BCUT2D eigenvalue weighted by Crippen LogP contribution is -2.17. The van der Waals surface area contributed by atoms with Gasteiger partial charge >= 0.3 is 5.97 Å². The Labute approximate surface area is 122 Å². The highest BCUT2D eigenvalue weighted by molar-refractivity contribution is 5.81. The first-order valence-electron chi connectivity index (χ1n) is 6.97. The number of nitrogens with zero attached hydrogens (tertiary/aromatic N) is 1. The van der Waals surface area contributed by atoms with Gasteiger partial charge < -0.3 is 14.4 Å². The first-order chi connectivity index (χ1) is 9.92. The molecule has 1 heterocycles. The molecule has 21 heavy (non-hydrogen) atoms.